The van der Waals surface area contributed by atoms with Crippen LogP contribution in [0.1, 0.15) is 18.4 Å². The van der Waals surface area contributed by atoms with Gasteiger partial charge in [-0.3, -0.25) is 0 Å². The number of hydrogen-bond donors (Lipinski definition) is 1. The molecule has 1 aromatic carbocycles. The van der Waals surface area contributed by atoms with Crippen molar-refractivity contribution in [2.24, 2.45) is 0 Å². The Balaban J connectivity index is 2.02. The van der Waals surface area contributed by atoms with Crippen LogP contribution in [0.2, 0.25) is 0 Å². The van der Waals surface area contributed by atoms with Gasteiger partial charge in [-0.2, -0.15) is 13.2 Å². The Morgan fingerprint density at radius 2 is 2.06 bits per heavy atom. The first-order chi connectivity index (χ1) is 8.44. The number of alkyl halides is 3. The van der Waals surface area contributed by atoms with Gasteiger partial charge in [-0.05, 0) is 25.0 Å². The first-order valence-electron chi connectivity index (χ1n) is 5.65. The predicted molar refractivity (Wildman–Crippen MR) is 65.6 cm³/mol. The van der Waals surface area contributed by atoms with Crippen LogP contribution in [0.25, 0.3) is 0 Å². The zero-order valence-electron chi connectivity index (χ0n) is 9.56. The molecule has 6 heteroatoms. The molecule has 0 unspecified atom stereocenters. The van der Waals surface area contributed by atoms with Gasteiger partial charge >= 0.3 is 6.18 Å². The van der Waals surface area contributed by atoms with Crippen molar-refractivity contribution in [3.63, 3.8) is 0 Å². The van der Waals surface area contributed by atoms with Gasteiger partial charge in [0.2, 0.25) is 0 Å². The van der Waals surface area contributed by atoms with Gasteiger partial charge in [0.05, 0.1) is 0 Å². The first kappa shape index (κ1) is 13.7. The van der Waals surface area contributed by atoms with Gasteiger partial charge in [-0.1, -0.05) is 22.0 Å². The minimum absolute atomic E-state index is 0.273. The second-order valence-electron chi connectivity index (χ2n) is 4.31. The van der Waals surface area contributed by atoms with Gasteiger partial charge < -0.3 is 10.1 Å². The number of rotatable bonds is 5. The molecule has 0 saturated heterocycles. The van der Waals surface area contributed by atoms with Crippen molar-refractivity contribution in [1.29, 1.82) is 0 Å². The van der Waals surface area contributed by atoms with Crippen LogP contribution in [0, 0.1) is 0 Å². The summed E-state index contributed by atoms with van der Waals surface area (Å²) < 4.78 is 42.0. The number of halogens is 4. The molecule has 0 bridgehead atoms. The number of nitrogens with one attached hydrogen (secondary N) is 1. The molecule has 1 aromatic rings. The van der Waals surface area contributed by atoms with Crippen LogP contribution in [0.5, 0.6) is 5.75 Å². The maximum Gasteiger partial charge on any atom is 0.422 e. The molecule has 100 valence electrons. The largest absolute Gasteiger partial charge is 0.484 e. The summed E-state index contributed by atoms with van der Waals surface area (Å²) in [7, 11) is 0. The molecule has 1 N–H and O–H groups in total. The average Bonchev–Trinajstić information content (AvgIpc) is 3.08. The van der Waals surface area contributed by atoms with Crippen molar-refractivity contribution >= 4 is 15.9 Å². The maximum atomic E-state index is 12.1. The summed E-state index contributed by atoms with van der Waals surface area (Å²) in [4.78, 5) is 0. The minimum Gasteiger partial charge on any atom is -0.484 e. The predicted octanol–water partition coefficient (Wildman–Crippen LogP) is 3.64. The summed E-state index contributed by atoms with van der Waals surface area (Å²) >= 11 is 3.23. The van der Waals surface area contributed by atoms with E-state index >= 15 is 0 Å². The van der Waals surface area contributed by atoms with Crippen molar-refractivity contribution in [3.8, 4) is 5.75 Å². The molecule has 0 aromatic heterocycles. The lowest BCUT2D eigenvalue weighted by Crippen LogP contribution is -2.21. The third-order valence-corrected chi connectivity index (χ3v) is 3.07. The summed E-state index contributed by atoms with van der Waals surface area (Å²) in [6, 6.07) is 5.63. The molecule has 18 heavy (non-hydrogen) atoms. The molecular weight excluding hydrogens is 311 g/mol. The number of hydrogen-bond acceptors (Lipinski definition) is 2. The second kappa shape index (κ2) is 5.48. The molecule has 0 radical (unpaired) electrons. The Labute approximate surface area is 112 Å². The molecule has 2 rings (SSSR count). The van der Waals surface area contributed by atoms with E-state index in [1.54, 1.807) is 18.2 Å². The molecule has 1 saturated carbocycles. The Hall–Kier alpha value is -0.750. The van der Waals surface area contributed by atoms with Gasteiger partial charge in [0.15, 0.2) is 6.61 Å². The van der Waals surface area contributed by atoms with Gasteiger partial charge in [-0.15, -0.1) is 0 Å². The van der Waals surface area contributed by atoms with E-state index in [1.165, 1.54) is 0 Å². The molecule has 0 aliphatic heterocycles. The van der Waals surface area contributed by atoms with Crippen LogP contribution < -0.4 is 10.1 Å². The highest BCUT2D eigenvalue weighted by atomic mass is 79.9. The second-order valence-corrected chi connectivity index (χ2v) is 5.23. The van der Waals surface area contributed by atoms with E-state index in [2.05, 4.69) is 21.2 Å². The minimum atomic E-state index is -4.32. The summed E-state index contributed by atoms with van der Waals surface area (Å²) in [6.45, 7) is -0.731. The highest BCUT2D eigenvalue weighted by Gasteiger charge is 2.29. The molecule has 0 heterocycles. The van der Waals surface area contributed by atoms with Gasteiger partial charge in [-0.25, -0.2) is 0 Å². The van der Waals surface area contributed by atoms with Crippen molar-refractivity contribution in [3.05, 3.63) is 28.2 Å². The van der Waals surface area contributed by atoms with E-state index in [9.17, 15) is 13.2 Å². The van der Waals surface area contributed by atoms with Crippen LogP contribution in [0.4, 0.5) is 13.2 Å². The first-order valence-corrected chi connectivity index (χ1v) is 6.45. The maximum absolute atomic E-state index is 12.1. The van der Waals surface area contributed by atoms with E-state index < -0.39 is 12.8 Å². The lowest BCUT2D eigenvalue weighted by molar-refractivity contribution is -0.153. The molecule has 0 atom stereocenters. The van der Waals surface area contributed by atoms with Crippen LogP contribution in [-0.2, 0) is 6.54 Å². The smallest absolute Gasteiger partial charge is 0.422 e. The molecule has 0 spiro atoms. The van der Waals surface area contributed by atoms with Crippen molar-refractivity contribution < 1.29 is 17.9 Å². The molecule has 1 aliphatic rings. The molecule has 1 fully saturated rings. The van der Waals surface area contributed by atoms with Crippen LogP contribution in [0.3, 0.4) is 0 Å². The van der Waals surface area contributed by atoms with E-state index in [-0.39, 0.29) is 5.75 Å². The van der Waals surface area contributed by atoms with Crippen LogP contribution in [0.15, 0.2) is 22.7 Å². The third kappa shape index (κ3) is 4.49. The molecule has 0 amide bonds. The Morgan fingerprint density at radius 1 is 1.33 bits per heavy atom. The lowest BCUT2D eigenvalue weighted by Gasteiger charge is -2.14. The van der Waals surface area contributed by atoms with Gasteiger partial charge in [0.1, 0.15) is 5.75 Å². The molecular formula is C12H13BrF3NO. The monoisotopic (exact) mass is 323 g/mol. The average molecular weight is 324 g/mol. The standard InChI is InChI=1S/C12H13BrF3NO/c13-9-2-1-8(6-17-10-3-4-10)11(5-9)18-7-12(14,15)16/h1-2,5,10,17H,3-4,6-7H2. The topological polar surface area (TPSA) is 21.3 Å². The quantitative estimate of drug-likeness (QED) is 0.893. The fraction of sp³-hybridized carbons (Fsp3) is 0.500. The highest BCUT2D eigenvalue weighted by Crippen LogP contribution is 2.27. The van der Waals surface area contributed by atoms with E-state index in [4.69, 9.17) is 4.74 Å². The SMILES string of the molecule is FC(F)(F)COc1cc(Br)ccc1CNC1CC1. The van der Waals surface area contributed by atoms with Crippen LogP contribution in [-0.4, -0.2) is 18.8 Å². The van der Waals surface area contributed by atoms with Crippen LogP contribution >= 0.6 is 15.9 Å². The van der Waals surface area contributed by atoms with Gasteiger partial charge in [0, 0.05) is 22.6 Å². The summed E-state index contributed by atoms with van der Waals surface area (Å²) in [5.74, 6) is 0.273. The fourth-order valence-corrected chi connectivity index (χ4v) is 1.85. The third-order valence-electron chi connectivity index (χ3n) is 2.58. The van der Waals surface area contributed by atoms with Crippen molar-refractivity contribution in [2.45, 2.75) is 31.6 Å². The summed E-state index contributed by atoms with van der Waals surface area (Å²) in [5.41, 5.74) is 0.745. The summed E-state index contributed by atoms with van der Waals surface area (Å²) in [6.07, 6.45) is -2.05. The molecule has 2 nitrogen and oxygen atoms in total. The molecule has 1 aliphatic carbocycles. The Bertz CT molecular complexity index is 418. The van der Waals surface area contributed by atoms with Crippen molar-refractivity contribution in [2.75, 3.05) is 6.61 Å². The number of benzene rings is 1. The van der Waals surface area contributed by atoms with Crippen molar-refractivity contribution in [1.82, 2.24) is 5.32 Å². The zero-order valence-corrected chi connectivity index (χ0v) is 11.1. The van der Waals surface area contributed by atoms with Gasteiger partial charge in [0.25, 0.3) is 0 Å². The fourth-order valence-electron chi connectivity index (χ4n) is 1.51. The normalized spacial score (nSPS) is 15.8. The Kier molecular flexibility index (Phi) is 4.17. The van der Waals surface area contributed by atoms with E-state index in [0.29, 0.717) is 17.1 Å². The summed E-state index contributed by atoms with van der Waals surface area (Å²) in [5, 5.41) is 3.25. The number of ether oxygens (including phenoxy) is 1. The zero-order chi connectivity index (χ0) is 13.2. The van der Waals surface area contributed by atoms with E-state index in [0.717, 1.165) is 18.4 Å². The highest BCUT2D eigenvalue weighted by molar-refractivity contribution is 9.10. The Morgan fingerprint density at radius 3 is 2.67 bits per heavy atom. The van der Waals surface area contributed by atoms with E-state index in [1.807, 2.05) is 0 Å². The lowest BCUT2D eigenvalue weighted by atomic mass is 10.2.